The lowest BCUT2D eigenvalue weighted by atomic mass is 10.2. The van der Waals surface area contributed by atoms with Crippen molar-refractivity contribution in [2.75, 3.05) is 0 Å². The Morgan fingerprint density at radius 3 is 1.38 bits per heavy atom. The minimum absolute atomic E-state index is 0.352. The summed E-state index contributed by atoms with van der Waals surface area (Å²) in [7, 11) is 0. The number of hydrazine groups is 2. The van der Waals surface area contributed by atoms with Crippen molar-refractivity contribution in [2.45, 2.75) is 0 Å². The third kappa shape index (κ3) is 4.34. The summed E-state index contributed by atoms with van der Waals surface area (Å²) in [6.07, 6.45) is 0. The average Bonchev–Trinajstić information content (AvgIpc) is 2.36. The zero-order valence-electron chi connectivity index (χ0n) is 11.2. The maximum atomic E-state index is 10.6. The molecule has 0 saturated heterocycles. The van der Waals surface area contributed by atoms with Gasteiger partial charge in [-0.2, -0.15) is 0 Å². The molecule has 24 heavy (non-hydrogen) atoms. The monoisotopic (exact) mass is 412 g/mol. The Balaban J connectivity index is 0.000000754. The molecule has 17 heteroatoms. The van der Waals surface area contributed by atoms with E-state index in [0.717, 1.165) is 0 Å². The number of nitro benzene ring substituents is 3. The van der Waals surface area contributed by atoms with Crippen LogP contribution >= 0.6 is 15.9 Å². The number of hydrogen-bond donors (Lipinski definition) is 6. The molecule has 0 atom stereocenters. The number of nitro groups is 3. The van der Waals surface area contributed by atoms with Gasteiger partial charge in [0.25, 0.3) is 11.5 Å². The SMILES string of the molecule is N=C(N)N(N)N.O=[N+]([O-])c1c(O)c([N+](=O)[O-])c(Br)c([N+](=O)[O-])c1O. The van der Waals surface area contributed by atoms with E-state index in [2.05, 4.69) is 15.9 Å². The predicted molar refractivity (Wildman–Crippen MR) is 79.6 cm³/mol. The summed E-state index contributed by atoms with van der Waals surface area (Å²) in [6.45, 7) is 0. The zero-order chi connectivity index (χ0) is 19.4. The maximum absolute atomic E-state index is 10.6. The van der Waals surface area contributed by atoms with Crippen LogP contribution in [0, 0.1) is 35.8 Å². The number of nitrogens with zero attached hydrogens (tertiary/aromatic N) is 4. The standard InChI is InChI=1S/C6H2BrN3O8.CH7N5/c7-1-2(8(13)14)5(11)4(10(17)18)6(12)3(1)9(15)16;2-1(3)6(4)5/h11-12H;4-5H2,(H3,2,3). The van der Waals surface area contributed by atoms with E-state index in [4.69, 9.17) is 22.8 Å². The fraction of sp³-hybridized carbons (Fsp3) is 0. The van der Waals surface area contributed by atoms with Crippen LogP contribution in [0.3, 0.4) is 0 Å². The van der Waals surface area contributed by atoms with E-state index in [9.17, 15) is 40.6 Å². The molecule has 0 bridgehead atoms. The number of halogens is 1. The Morgan fingerprint density at radius 2 is 1.21 bits per heavy atom. The zero-order valence-corrected chi connectivity index (χ0v) is 12.8. The van der Waals surface area contributed by atoms with Gasteiger partial charge in [0.05, 0.1) is 14.8 Å². The number of hydrogen-bond acceptors (Lipinski definition) is 11. The molecular weight excluding hydrogens is 404 g/mol. The number of aromatic hydroxyl groups is 2. The van der Waals surface area contributed by atoms with Crippen molar-refractivity contribution in [3.8, 4) is 11.5 Å². The molecule has 1 aromatic carbocycles. The van der Waals surface area contributed by atoms with Gasteiger partial charge in [-0.25, -0.2) is 16.8 Å². The molecular formula is C7H9BrN8O8. The van der Waals surface area contributed by atoms with Gasteiger partial charge in [-0.3, -0.25) is 35.8 Å². The molecule has 0 spiro atoms. The van der Waals surface area contributed by atoms with Gasteiger partial charge < -0.3 is 15.9 Å². The molecule has 0 aromatic heterocycles. The van der Waals surface area contributed by atoms with E-state index in [1.807, 2.05) is 0 Å². The first kappa shape index (κ1) is 20.7. The highest BCUT2D eigenvalue weighted by Gasteiger charge is 2.41. The van der Waals surface area contributed by atoms with E-state index in [1.54, 1.807) is 0 Å². The quantitative estimate of drug-likeness (QED) is 0.120. The number of nitrogens with two attached hydrogens (primary N) is 3. The highest BCUT2D eigenvalue weighted by atomic mass is 79.9. The Kier molecular flexibility index (Phi) is 6.73. The van der Waals surface area contributed by atoms with Crippen molar-refractivity contribution in [1.29, 1.82) is 5.41 Å². The summed E-state index contributed by atoms with van der Waals surface area (Å²) < 4.78 is -0.863. The molecule has 0 radical (unpaired) electrons. The van der Waals surface area contributed by atoms with Crippen molar-refractivity contribution < 1.29 is 25.0 Å². The predicted octanol–water partition coefficient (Wildman–Crippen LogP) is -0.486. The van der Waals surface area contributed by atoms with Crippen LogP contribution in [-0.2, 0) is 0 Å². The third-order valence-corrected chi connectivity index (χ3v) is 2.89. The Hall–Kier alpha value is -3.31. The fourth-order valence-electron chi connectivity index (χ4n) is 1.16. The van der Waals surface area contributed by atoms with Crippen LogP contribution in [0.5, 0.6) is 11.5 Å². The van der Waals surface area contributed by atoms with Crippen molar-refractivity contribution in [3.63, 3.8) is 0 Å². The van der Waals surface area contributed by atoms with Crippen molar-refractivity contribution in [2.24, 2.45) is 17.4 Å². The van der Waals surface area contributed by atoms with E-state index >= 15 is 0 Å². The molecule has 1 aromatic rings. The van der Waals surface area contributed by atoms with Crippen LogP contribution in [-0.4, -0.2) is 36.1 Å². The molecule has 1 rings (SSSR count). The lowest BCUT2D eigenvalue weighted by Gasteiger charge is -2.04. The largest absolute Gasteiger partial charge is 0.497 e. The summed E-state index contributed by atoms with van der Waals surface area (Å²) in [5.74, 6) is 6.10. The van der Waals surface area contributed by atoms with Crippen molar-refractivity contribution in [1.82, 2.24) is 5.12 Å². The summed E-state index contributed by atoms with van der Waals surface area (Å²) in [5, 5.41) is 57.2. The van der Waals surface area contributed by atoms with Crippen LogP contribution in [0.1, 0.15) is 0 Å². The van der Waals surface area contributed by atoms with E-state index in [-0.39, 0.29) is 5.96 Å². The Morgan fingerprint density at radius 1 is 0.958 bits per heavy atom. The highest BCUT2D eigenvalue weighted by molar-refractivity contribution is 9.10. The summed E-state index contributed by atoms with van der Waals surface area (Å²) in [6, 6.07) is 0. The first-order valence-corrected chi connectivity index (χ1v) is 5.97. The molecule has 0 aliphatic carbocycles. The number of nitrogens with one attached hydrogen (secondary N) is 1. The first-order chi connectivity index (χ1) is 10.8. The topological polar surface area (TPSA) is 275 Å². The van der Waals surface area contributed by atoms with E-state index in [1.165, 1.54) is 0 Å². The van der Waals surface area contributed by atoms with Crippen molar-refractivity contribution >= 4 is 39.0 Å². The molecule has 0 aliphatic rings. The first-order valence-electron chi connectivity index (χ1n) is 5.18. The second-order valence-corrected chi connectivity index (χ2v) is 4.41. The molecule has 0 unspecified atom stereocenters. The third-order valence-electron chi connectivity index (χ3n) is 2.14. The highest BCUT2D eigenvalue weighted by Crippen LogP contribution is 2.53. The van der Waals surface area contributed by atoms with Crippen molar-refractivity contribution in [3.05, 3.63) is 34.8 Å². The summed E-state index contributed by atoms with van der Waals surface area (Å²) >= 11 is 2.44. The number of phenols is 2. The van der Waals surface area contributed by atoms with Gasteiger partial charge in [-0.15, -0.1) is 0 Å². The molecule has 16 nitrogen and oxygen atoms in total. The van der Waals surface area contributed by atoms with Gasteiger partial charge in [0.15, 0.2) is 4.47 Å². The Bertz CT molecular complexity index is 619. The second-order valence-electron chi connectivity index (χ2n) is 3.62. The molecule has 9 N–H and O–H groups in total. The summed E-state index contributed by atoms with van der Waals surface area (Å²) in [4.78, 5) is 27.8. The average molecular weight is 413 g/mol. The molecule has 0 heterocycles. The maximum Gasteiger partial charge on any atom is 0.366 e. The number of rotatable bonds is 3. The molecule has 132 valence electrons. The minimum atomic E-state index is -1.50. The fourth-order valence-corrected chi connectivity index (χ4v) is 1.83. The van der Waals surface area contributed by atoms with Gasteiger partial charge in [0, 0.05) is 0 Å². The van der Waals surface area contributed by atoms with Crippen LogP contribution < -0.4 is 17.4 Å². The second kappa shape index (κ2) is 7.80. The summed E-state index contributed by atoms with van der Waals surface area (Å²) in [5.41, 5.74) is 0.647. The van der Waals surface area contributed by atoms with Crippen LogP contribution in [0.25, 0.3) is 0 Å². The van der Waals surface area contributed by atoms with Gasteiger partial charge in [0.1, 0.15) is 0 Å². The minimum Gasteiger partial charge on any atom is -0.497 e. The lowest BCUT2D eigenvalue weighted by Crippen LogP contribution is -2.47. The number of guanidine groups is 1. The van der Waals surface area contributed by atoms with Gasteiger partial charge in [0.2, 0.25) is 5.96 Å². The van der Waals surface area contributed by atoms with Crippen LogP contribution in [0.4, 0.5) is 17.1 Å². The lowest BCUT2D eigenvalue weighted by molar-refractivity contribution is -0.406. The van der Waals surface area contributed by atoms with Gasteiger partial charge >= 0.3 is 17.1 Å². The number of phenolic OH excluding ortho intramolecular Hbond substituents is 2. The normalized spacial score (nSPS) is 9.46. The van der Waals surface area contributed by atoms with E-state index < -0.39 is 47.8 Å². The smallest absolute Gasteiger partial charge is 0.366 e. The molecule has 0 saturated carbocycles. The van der Waals surface area contributed by atoms with Gasteiger partial charge in [-0.05, 0) is 15.9 Å². The number of benzene rings is 1. The van der Waals surface area contributed by atoms with E-state index in [0.29, 0.717) is 5.12 Å². The Labute approximate surface area is 139 Å². The molecule has 0 amide bonds. The van der Waals surface area contributed by atoms with Crippen LogP contribution in [0.15, 0.2) is 4.47 Å². The van der Waals surface area contributed by atoms with Crippen LogP contribution in [0.2, 0.25) is 0 Å². The molecule has 0 fully saturated rings. The molecule has 0 aliphatic heterocycles. The van der Waals surface area contributed by atoms with Gasteiger partial charge in [-0.1, -0.05) is 0 Å².